The van der Waals surface area contributed by atoms with E-state index in [1.807, 2.05) is 38.1 Å². The Hall–Kier alpha value is -3.04. The maximum atomic E-state index is 11.7. The average Bonchev–Trinajstić information content (AvgIpc) is 2.85. The Labute approximate surface area is 252 Å². The highest BCUT2D eigenvalue weighted by Gasteiger charge is 2.26. The molecule has 41 heavy (non-hydrogen) atoms. The molecular weight excluding hydrogens is 571 g/mol. The normalized spacial score (nSPS) is 14.3. The van der Waals surface area contributed by atoms with Gasteiger partial charge in [-0.3, -0.25) is 0 Å². The first kappa shape index (κ1) is 34.2. The van der Waals surface area contributed by atoms with Gasteiger partial charge in [-0.25, -0.2) is 9.59 Å². The molecule has 8 nitrogen and oxygen atoms in total. The number of hydrogen-bond donors (Lipinski definition) is 0. The molecule has 4 atom stereocenters. The van der Waals surface area contributed by atoms with Crippen LogP contribution >= 0.6 is 23.2 Å². The van der Waals surface area contributed by atoms with Gasteiger partial charge in [0.05, 0.1) is 10.0 Å². The molecule has 0 aliphatic heterocycles. The van der Waals surface area contributed by atoms with Gasteiger partial charge in [0, 0.05) is 16.6 Å². The highest BCUT2D eigenvalue weighted by molar-refractivity contribution is 6.32. The van der Waals surface area contributed by atoms with Gasteiger partial charge in [0.2, 0.25) is 25.2 Å². The van der Waals surface area contributed by atoms with Crippen molar-refractivity contribution in [1.29, 1.82) is 0 Å². The van der Waals surface area contributed by atoms with Crippen LogP contribution in [0.3, 0.4) is 0 Å². The molecule has 0 N–H and O–H groups in total. The lowest BCUT2D eigenvalue weighted by molar-refractivity contribution is -0.206. The summed E-state index contributed by atoms with van der Waals surface area (Å²) >= 11 is 13.1. The van der Waals surface area contributed by atoms with E-state index in [4.69, 9.17) is 51.6 Å². The van der Waals surface area contributed by atoms with E-state index in [1.165, 1.54) is 0 Å². The first-order valence-electron chi connectivity index (χ1n) is 13.0. The SMILES string of the molecule is C=C(C)C(=O)OC(C)OC(C)Oc1ccc(C(C)(C)c2ccc(OC(C)OC(C)OC(=O)C(=C)C)c(Cl)c2)cc1Cl. The number of esters is 2. The van der Waals surface area contributed by atoms with E-state index in [-0.39, 0.29) is 11.1 Å². The Balaban J connectivity index is 2.08. The Morgan fingerprint density at radius 3 is 1.32 bits per heavy atom. The summed E-state index contributed by atoms with van der Waals surface area (Å²) in [6, 6.07) is 10.9. The largest absolute Gasteiger partial charge is 0.464 e. The second-order valence-corrected chi connectivity index (χ2v) is 10.9. The van der Waals surface area contributed by atoms with Gasteiger partial charge in [0.15, 0.2) is 0 Å². The second-order valence-electron chi connectivity index (χ2n) is 10.1. The van der Waals surface area contributed by atoms with Crippen LogP contribution in [0.25, 0.3) is 0 Å². The van der Waals surface area contributed by atoms with Gasteiger partial charge in [-0.05, 0) is 76.9 Å². The van der Waals surface area contributed by atoms with Crippen molar-refractivity contribution in [3.05, 3.63) is 81.9 Å². The van der Waals surface area contributed by atoms with Crippen LogP contribution in [-0.2, 0) is 34.0 Å². The fraction of sp³-hybridized carbons (Fsp3) is 0.419. The second kappa shape index (κ2) is 14.7. The molecule has 0 aromatic heterocycles. The summed E-state index contributed by atoms with van der Waals surface area (Å²) in [7, 11) is 0. The molecule has 10 heteroatoms. The number of rotatable bonds is 14. The van der Waals surface area contributed by atoms with Crippen molar-refractivity contribution in [2.75, 3.05) is 0 Å². The highest BCUT2D eigenvalue weighted by Crippen LogP contribution is 2.39. The Morgan fingerprint density at radius 2 is 1.02 bits per heavy atom. The topological polar surface area (TPSA) is 89.5 Å². The molecular formula is C31H38Cl2O8. The van der Waals surface area contributed by atoms with Crippen LogP contribution < -0.4 is 9.47 Å². The lowest BCUT2D eigenvalue weighted by atomic mass is 9.78. The predicted molar refractivity (Wildman–Crippen MR) is 158 cm³/mol. The number of benzene rings is 2. The molecule has 4 unspecified atom stereocenters. The molecule has 224 valence electrons. The molecule has 0 amide bonds. The van der Waals surface area contributed by atoms with E-state index >= 15 is 0 Å². The molecule has 2 aromatic carbocycles. The number of carbonyl (C=O) groups excluding carboxylic acids is 2. The van der Waals surface area contributed by atoms with Crippen molar-refractivity contribution in [2.45, 2.75) is 86.0 Å². The number of ether oxygens (including phenoxy) is 6. The van der Waals surface area contributed by atoms with Crippen molar-refractivity contribution < 1.29 is 38.0 Å². The first-order chi connectivity index (χ1) is 19.0. The van der Waals surface area contributed by atoms with Crippen LogP contribution in [0.2, 0.25) is 10.0 Å². The van der Waals surface area contributed by atoms with Crippen molar-refractivity contribution in [1.82, 2.24) is 0 Å². The van der Waals surface area contributed by atoms with Gasteiger partial charge in [-0.1, -0.05) is 62.3 Å². The third-order valence-electron chi connectivity index (χ3n) is 5.90. The van der Waals surface area contributed by atoms with Gasteiger partial charge >= 0.3 is 11.9 Å². The minimum atomic E-state index is -0.833. The van der Waals surface area contributed by atoms with Crippen molar-refractivity contribution >= 4 is 35.1 Å². The summed E-state index contributed by atoms with van der Waals surface area (Å²) < 4.78 is 33.0. The molecule has 0 heterocycles. The van der Waals surface area contributed by atoms with Crippen molar-refractivity contribution in [3.8, 4) is 11.5 Å². The van der Waals surface area contributed by atoms with Crippen molar-refractivity contribution in [3.63, 3.8) is 0 Å². The van der Waals surface area contributed by atoms with Gasteiger partial charge < -0.3 is 28.4 Å². The first-order valence-corrected chi connectivity index (χ1v) is 13.7. The van der Waals surface area contributed by atoms with E-state index in [0.29, 0.717) is 21.5 Å². The molecule has 0 fully saturated rings. The quantitative estimate of drug-likeness (QED) is 0.122. The zero-order valence-electron chi connectivity index (χ0n) is 24.7. The van der Waals surface area contributed by atoms with Crippen molar-refractivity contribution in [2.24, 2.45) is 0 Å². The molecule has 0 saturated heterocycles. The zero-order chi connectivity index (χ0) is 31.1. The molecule has 0 aliphatic rings. The summed E-state index contributed by atoms with van der Waals surface area (Å²) in [6.07, 6.45) is -3.14. The number of halogens is 2. The Bertz CT molecular complexity index is 1180. The monoisotopic (exact) mass is 608 g/mol. The number of hydrogen-bond acceptors (Lipinski definition) is 8. The van der Waals surface area contributed by atoms with E-state index in [2.05, 4.69) is 13.2 Å². The molecule has 0 bridgehead atoms. The van der Waals surface area contributed by atoms with Crippen LogP contribution in [0.1, 0.15) is 66.5 Å². The van der Waals surface area contributed by atoms with Crippen LogP contribution in [-0.4, -0.2) is 37.1 Å². The summed E-state index contributed by atoms with van der Waals surface area (Å²) in [5.41, 5.74) is 1.90. The van der Waals surface area contributed by atoms with E-state index < -0.39 is 42.5 Å². The van der Waals surface area contributed by atoms with Crippen LogP contribution in [0.15, 0.2) is 60.7 Å². The summed E-state index contributed by atoms with van der Waals surface area (Å²) in [4.78, 5) is 23.3. The third kappa shape index (κ3) is 10.1. The fourth-order valence-corrected chi connectivity index (χ4v) is 4.10. The molecule has 2 aromatic rings. The zero-order valence-corrected chi connectivity index (χ0v) is 26.2. The smallest absolute Gasteiger partial charge is 0.335 e. The lowest BCUT2D eigenvalue weighted by Crippen LogP contribution is -2.27. The van der Waals surface area contributed by atoms with Crippen LogP contribution in [0.5, 0.6) is 11.5 Å². The standard InChI is InChI=1S/C31H38Cl2O8/c1-17(2)29(34)40-21(7)36-19(5)38-27-13-11-23(15-25(27)32)31(9,10)24-12-14-28(26(33)16-24)39-20(6)37-22(8)41-30(35)18(3)4/h11-16,19-22H,1,3H2,2,4-10H3. The van der Waals surface area contributed by atoms with E-state index in [1.54, 1.807) is 53.7 Å². The Morgan fingerprint density at radius 1 is 0.683 bits per heavy atom. The summed E-state index contributed by atoms with van der Waals surface area (Å²) in [5.74, 6) is -0.270. The third-order valence-corrected chi connectivity index (χ3v) is 6.49. The molecule has 0 saturated carbocycles. The van der Waals surface area contributed by atoms with Gasteiger partial charge in [-0.2, -0.15) is 0 Å². The molecule has 0 radical (unpaired) electrons. The van der Waals surface area contributed by atoms with Crippen LogP contribution in [0, 0.1) is 0 Å². The Kier molecular flexibility index (Phi) is 12.3. The lowest BCUT2D eigenvalue weighted by Gasteiger charge is -2.28. The molecule has 0 aliphatic carbocycles. The predicted octanol–water partition coefficient (Wildman–Crippen LogP) is 7.73. The molecule has 2 rings (SSSR count). The average molecular weight is 610 g/mol. The summed E-state index contributed by atoms with van der Waals surface area (Å²) in [6.45, 7) is 20.8. The minimum Gasteiger partial charge on any atom is -0.464 e. The van der Waals surface area contributed by atoms with Gasteiger partial charge in [-0.15, -0.1) is 0 Å². The number of carbonyl (C=O) groups is 2. The van der Waals surface area contributed by atoms with Gasteiger partial charge in [0.1, 0.15) is 11.5 Å². The maximum absolute atomic E-state index is 11.7. The van der Waals surface area contributed by atoms with Gasteiger partial charge in [0.25, 0.3) is 0 Å². The fourth-order valence-electron chi connectivity index (χ4n) is 3.65. The highest BCUT2D eigenvalue weighted by atomic mass is 35.5. The van der Waals surface area contributed by atoms with Crippen LogP contribution in [0.4, 0.5) is 0 Å². The summed E-state index contributed by atoms with van der Waals surface area (Å²) in [5, 5.41) is 0.771. The van der Waals surface area contributed by atoms with E-state index in [9.17, 15) is 9.59 Å². The molecule has 0 spiro atoms. The minimum absolute atomic E-state index is 0.274. The van der Waals surface area contributed by atoms with E-state index in [0.717, 1.165) is 11.1 Å². The maximum Gasteiger partial charge on any atom is 0.335 e.